The molecular formula is C12H11F2N3O. The van der Waals surface area contributed by atoms with Gasteiger partial charge in [-0.2, -0.15) is 5.10 Å². The fourth-order valence-corrected chi connectivity index (χ4v) is 2.20. The van der Waals surface area contributed by atoms with E-state index in [0.717, 1.165) is 12.5 Å². The molecule has 0 radical (unpaired) electrons. The van der Waals surface area contributed by atoms with Gasteiger partial charge in [0.2, 0.25) is 0 Å². The number of rotatable bonds is 1. The molecule has 0 unspecified atom stereocenters. The van der Waals surface area contributed by atoms with Crippen molar-refractivity contribution in [3.63, 3.8) is 0 Å². The normalized spacial score (nSPS) is 14.1. The van der Waals surface area contributed by atoms with Gasteiger partial charge in [0.25, 0.3) is 0 Å². The maximum Gasteiger partial charge on any atom is 0.137 e. The molecule has 4 nitrogen and oxygen atoms in total. The first-order chi connectivity index (χ1) is 8.68. The largest absolute Gasteiger partial charge is 0.492 e. The van der Waals surface area contributed by atoms with Gasteiger partial charge in [-0.05, 0) is 12.8 Å². The molecule has 0 atom stereocenters. The van der Waals surface area contributed by atoms with Crippen molar-refractivity contribution in [3.05, 3.63) is 29.5 Å². The zero-order valence-electron chi connectivity index (χ0n) is 9.46. The summed E-state index contributed by atoms with van der Waals surface area (Å²) in [5.41, 5.74) is 6.65. The first-order valence-electron chi connectivity index (χ1n) is 5.61. The predicted octanol–water partition coefficient (Wildman–Crippen LogP) is 2.26. The quantitative estimate of drug-likeness (QED) is 0.817. The Bertz CT molecular complexity index is 610. The summed E-state index contributed by atoms with van der Waals surface area (Å²) in [6.45, 7) is 0.445. The van der Waals surface area contributed by atoms with Gasteiger partial charge in [-0.15, -0.1) is 0 Å². The Balaban J connectivity index is 2.29. The van der Waals surface area contributed by atoms with Gasteiger partial charge in [0.05, 0.1) is 23.9 Å². The lowest BCUT2D eigenvalue weighted by molar-refractivity contribution is 0.283. The Labute approximate surface area is 102 Å². The molecule has 3 rings (SSSR count). The van der Waals surface area contributed by atoms with E-state index in [1.54, 1.807) is 0 Å². The monoisotopic (exact) mass is 251 g/mol. The summed E-state index contributed by atoms with van der Waals surface area (Å²) in [5.74, 6) is -0.794. The fraction of sp³-hybridized carbons (Fsp3) is 0.250. The average molecular weight is 251 g/mol. The number of H-pyrrole nitrogens is 1. The number of anilines is 1. The Kier molecular flexibility index (Phi) is 2.43. The molecule has 1 aromatic carbocycles. The molecule has 0 amide bonds. The summed E-state index contributed by atoms with van der Waals surface area (Å²) in [6.07, 6.45) is 2.66. The minimum absolute atomic E-state index is 0.178. The van der Waals surface area contributed by atoms with Gasteiger partial charge >= 0.3 is 0 Å². The number of nitrogens with two attached hydrogens (primary N) is 1. The highest BCUT2D eigenvalue weighted by molar-refractivity contribution is 5.79. The maximum absolute atomic E-state index is 14.0. The molecule has 0 saturated heterocycles. The third-order valence-electron chi connectivity index (χ3n) is 3.04. The summed E-state index contributed by atoms with van der Waals surface area (Å²) < 4.78 is 33.1. The average Bonchev–Trinajstić information content (AvgIpc) is 2.76. The van der Waals surface area contributed by atoms with Crippen molar-refractivity contribution in [2.24, 2.45) is 0 Å². The number of halogens is 2. The van der Waals surface area contributed by atoms with Gasteiger partial charge in [0.1, 0.15) is 23.2 Å². The van der Waals surface area contributed by atoms with Crippen molar-refractivity contribution in [1.82, 2.24) is 10.2 Å². The zero-order valence-corrected chi connectivity index (χ0v) is 9.46. The van der Waals surface area contributed by atoms with Crippen LogP contribution >= 0.6 is 0 Å². The topological polar surface area (TPSA) is 63.9 Å². The highest BCUT2D eigenvalue weighted by Gasteiger charge is 2.25. The van der Waals surface area contributed by atoms with E-state index in [2.05, 4.69) is 10.2 Å². The Morgan fingerprint density at radius 1 is 1.33 bits per heavy atom. The van der Waals surface area contributed by atoms with Crippen LogP contribution in [0, 0.1) is 11.6 Å². The first-order valence-corrected chi connectivity index (χ1v) is 5.61. The molecule has 0 saturated carbocycles. The summed E-state index contributed by atoms with van der Waals surface area (Å²) in [7, 11) is 0. The Hall–Kier alpha value is -2.11. The second-order valence-corrected chi connectivity index (χ2v) is 4.17. The number of aromatic amines is 1. The smallest absolute Gasteiger partial charge is 0.137 e. The predicted molar refractivity (Wildman–Crippen MR) is 62.2 cm³/mol. The van der Waals surface area contributed by atoms with Gasteiger partial charge < -0.3 is 10.5 Å². The van der Waals surface area contributed by atoms with Crippen LogP contribution < -0.4 is 10.5 Å². The van der Waals surface area contributed by atoms with Crippen LogP contribution in [0.25, 0.3) is 11.1 Å². The summed E-state index contributed by atoms with van der Waals surface area (Å²) >= 11 is 0. The highest BCUT2D eigenvalue weighted by Crippen LogP contribution is 2.41. The van der Waals surface area contributed by atoms with E-state index in [0.29, 0.717) is 24.2 Å². The molecule has 3 N–H and O–H groups in total. The molecule has 6 heteroatoms. The molecule has 0 spiro atoms. The van der Waals surface area contributed by atoms with Crippen molar-refractivity contribution in [3.8, 4) is 16.9 Å². The molecule has 0 bridgehead atoms. The lowest BCUT2D eigenvalue weighted by atomic mass is 9.97. The molecule has 1 aliphatic rings. The minimum atomic E-state index is -0.693. The van der Waals surface area contributed by atoms with Gasteiger partial charge in [-0.3, -0.25) is 5.10 Å². The Morgan fingerprint density at radius 3 is 2.89 bits per heavy atom. The van der Waals surface area contributed by atoms with Crippen LogP contribution in [0.1, 0.15) is 12.0 Å². The van der Waals surface area contributed by atoms with E-state index >= 15 is 0 Å². The van der Waals surface area contributed by atoms with E-state index in [9.17, 15) is 8.78 Å². The van der Waals surface area contributed by atoms with Gasteiger partial charge in [0.15, 0.2) is 0 Å². The van der Waals surface area contributed by atoms with Crippen molar-refractivity contribution in [2.45, 2.75) is 12.8 Å². The van der Waals surface area contributed by atoms with Crippen LogP contribution in [0.3, 0.4) is 0 Å². The third kappa shape index (κ3) is 1.53. The standard InChI is InChI=1S/C12H11F2N3O/c13-8-4-9(14)10(7-5-16-17-12(7)15)11-6(8)2-1-3-18-11/h4-5H,1-3H2,(H3,15,16,17). The van der Waals surface area contributed by atoms with E-state index < -0.39 is 11.6 Å². The van der Waals surface area contributed by atoms with Crippen LogP contribution in [-0.2, 0) is 6.42 Å². The summed E-state index contributed by atoms with van der Waals surface area (Å²) in [5, 5.41) is 6.27. The van der Waals surface area contributed by atoms with Crippen LogP contribution in [0.5, 0.6) is 5.75 Å². The van der Waals surface area contributed by atoms with Crippen LogP contribution in [0.15, 0.2) is 12.3 Å². The number of nitrogens with zero attached hydrogens (tertiary/aromatic N) is 1. The van der Waals surface area contributed by atoms with Crippen molar-refractivity contribution >= 4 is 5.82 Å². The second kappa shape index (κ2) is 3.97. The number of benzene rings is 1. The number of hydrogen-bond acceptors (Lipinski definition) is 3. The molecule has 18 heavy (non-hydrogen) atoms. The fourth-order valence-electron chi connectivity index (χ4n) is 2.20. The van der Waals surface area contributed by atoms with E-state index in [1.165, 1.54) is 6.20 Å². The number of hydrogen-bond donors (Lipinski definition) is 2. The molecule has 2 aromatic rings. The number of nitrogens with one attached hydrogen (secondary N) is 1. The zero-order chi connectivity index (χ0) is 12.7. The van der Waals surface area contributed by atoms with E-state index in [4.69, 9.17) is 10.5 Å². The molecule has 1 aliphatic heterocycles. The minimum Gasteiger partial charge on any atom is -0.492 e. The van der Waals surface area contributed by atoms with Crippen LogP contribution in [0.2, 0.25) is 0 Å². The summed E-state index contributed by atoms with van der Waals surface area (Å²) in [4.78, 5) is 0. The van der Waals surface area contributed by atoms with Crippen molar-refractivity contribution in [2.75, 3.05) is 12.3 Å². The Morgan fingerprint density at radius 2 is 2.17 bits per heavy atom. The number of fused-ring (bicyclic) bond motifs is 1. The van der Waals surface area contributed by atoms with Gasteiger partial charge in [0, 0.05) is 11.6 Å². The number of ether oxygens (including phenoxy) is 1. The van der Waals surface area contributed by atoms with E-state index in [-0.39, 0.29) is 17.1 Å². The number of aromatic nitrogens is 2. The molecule has 1 aromatic heterocycles. The lowest BCUT2D eigenvalue weighted by Crippen LogP contribution is -2.12. The molecule has 0 fully saturated rings. The molecule has 0 aliphatic carbocycles. The van der Waals surface area contributed by atoms with Gasteiger partial charge in [-0.1, -0.05) is 0 Å². The highest BCUT2D eigenvalue weighted by atomic mass is 19.1. The maximum atomic E-state index is 14.0. The van der Waals surface area contributed by atoms with Crippen LogP contribution in [0.4, 0.5) is 14.6 Å². The first kappa shape index (κ1) is 11.0. The summed E-state index contributed by atoms with van der Waals surface area (Å²) in [6, 6.07) is 0.870. The van der Waals surface area contributed by atoms with Crippen LogP contribution in [-0.4, -0.2) is 16.8 Å². The SMILES string of the molecule is Nc1[nH]ncc1-c1c(F)cc(F)c2c1OCCC2. The second-order valence-electron chi connectivity index (χ2n) is 4.17. The van der Waals surface area contributed by atoms with Crippen molar-refractivity contribution < 1.29 is 13.5 Å². The van der Waals surface area contributed by atoms with Gasteiger partial charge in [-0.25, -0.2) is 8.78 Å². The molecule has 2 heterocycles. The van der Waals surface area contributed by atoms with Crippen molar-refractivity contribution in [1.29, 1.82) is 0 Å². The molecule has 94 valence electrons. The molecular weight excluding hydrogens is 240 g/mol. The van der Waals surface area contributed by atoms with E-state index in [1.807, 2.05) is 0 Å². The number of nitrogen functional groups attached to an aromatic ring is 1. The lowest BCUT2D eigenvalue weighted by Gasteiger charge is -2.21. The third-order valence-corrected chi connectivity index (χ3v) is 3.04.